The molecule has 3 N–H and O–H groups in total. The minimum Gasteiger partial charge on any atom is -0.432 e. The quantitative estimate of drug-likeness (QED) is 0.102. The van der Waals surface area contributed by atoms with Crippen LogP contribution in [0.4, 0.5) is 14.0 Å². The maximum absolute atomic E-state index is 14.7. The van der Waals surface area contributed by atoms with Crippen LogP contribution < -0.4 is 5.32 Å². The van der Waals surface area contributed by atoms with E-state index in [9.17, 15) is 33.8 Å². The van der Waals surface area contributed by atoms with Gasteiger partial charge in [0, 0.05) is 12.3 Å². The van der Waals surface area contributed by atoms with Gasteiger partial charge in [0.05, 0.1) is 32.2 Å². The molecule has 2 aliphatic rings. The van der Waals surface area contributed by atoms with Crippen LogP contribution >= 0.6 is 0 Å². The maximum atomic E-state index is 14.7. The Morgan fingerprint density at radius 1 is 1.09 bits per heavy atom. The van der Waals surface area contributed by atoms with Gasteiger partial charge < -0.3 is 48.9 Å². The van der Waals surface area contributed by atoms with Gasteiger partial charge in [0.2, 0.25) is 31.1 Å². The molecule has 17 heteroatoms. The normalized spacial score (nSPS) is 28.1. The van der Waals surface area contributed by atoms with Crippen molar-refractivity contribution in [3.63, 3.8) is 0 Å². The van der Waals surface area contributed by atoms with Crippen molar-refractivity contribution in [3.8, 4) is 0 Å². The molecule has 0 aliphatic carbocycles. The van der Waals surface area contributed by atoms with Crippen LogP contribution in [-0.4, -0.2) is 108 Å². The lowest BCUT2D eigenvalue weighted by Crippen LogP contribution is -2.55. The second-order valence-electron chi connectivity index (χ2n) is 10.2. The Bertz CT molecular complexity index is 965. The van der Waals surface area contributed by atoms with E-state index in [0.29, 0.717) is 0 Å². The van der Waals surface area contributed by atoms with E-state index >= 15 is 0 Å². The van der Waals surface area contributed by atoms with Crippen LogP contribution in [0.1, 0.15) is 48.5 Å². The Hall–Kier alpha value is -3.22. The zero-order valence-corrected chi connectivity index (χ0v) is 25.0. The fraction of sp³-hybridized carbons (Fsp3) is 0.731. The van der Waals surface area contributed by atoms with E-state index in [1.165, 1.54) is 26.5 Å². The standard InChI is InChI=1S/C26H39FN2O14/c1-8-18-20(32)25(11-27,43-21(18)29-10-9-19(31)28-22(29)33)13-36-26(12-30,41-16(6)39-23(34)37-14(2)3)42-17(7)40-24(35)38-15(4)5/h8-10,12,14-18,20-22,32-33H,11,13H2,1-7H3/p+1. The van der Waals surface area contributed by atoms with Gasteiger partial charge in [-0.25, -0.2) is 14.0 Å². The molecule has 7 unspecified atom stereocenters. The van der Waals surface area contributed by atoms with Crippen molar-refractivity contribution in [2.24, 2.45) is 5.92 Å². The summed E-state index contributed by atoms with van der Waals surface area (Å²) < 4.78 is 56.7. The average molecular weight is 624 g/mol. The van der Waals surface area contributed by atoms with Crippen LogP contribution in [0.3, 0.4) is 0 Å². The molecule has 16 nitrogen and oxygen atoms in total. The van der Waals surface area contributed by atoms with Crippen LogP contribution in [0.5, 0.6) is 0 Å². The van der Waals surface area contributed by atoms with E-state index in [1.807, 2.05) is 0 Å². The van der Waals surface area contributed by atoms with E-state index in [0.717, 1.165) is 11.0 Å². The molecule has 244 valence electrons. The Morgan fingerprint density at radius 3 is 2.05 bits per heavy atom. The fourth-order valence-electron chi connectivity index (χ4n) is 4.11. The predicted molar refractivity (Wildman–Crippen MR) is 139 cm³/mol. The molecule has 2 heterocycles. The number of carbonyl (C=O) groups is 4. The minimum absolute atomic E-state index is 0.0187. The lowest BCUT2D eigenvalue weighted by Gasteiger charge is -2.37. The molecular weight excluding hydrogens is 583 g/mol. The summed E-state index contributed by atoms with van der Waals surface area (Å²) in [6.45, 7) is 7.90. The molecular formula is C26H40FN2O14+. The van der Waals surface area contributed by atoms with Gasteiger partial charge in [-0.15, -0.1) is 0 Å². The van der Waals surface area contributed by atoms with Gasteiger partial charge in [-0.2, -0.15) is 0 Å². The van der Waals surface area contributed by atoms with Gasteiger partial charge in [0.15, 0.2) is 17.7 Å². The fourth-order valence-corrected chi connectivity index (χ4v) is 4.11. The highest BCUT2D eigenvalue weighted by atomic mass is 19.1. The van der Waals surface area contributed by atoms with Gasteiger partial charge in [0.25, 0.3) is 0 Å². The number of carbonyl (C=O) groups excluding carboxylic acids is 4. The Balaban J connectivity index is 2.33. The number of amides is 1. The highest BCUT2D eigenvalue weighted by Gasteiger charge is 2.61. The minimum atomic E-state index is -2.83. The third-order valence-corrected chi connectivity index (χ3v) is 5.96. The van der Waals surface area contributed by atoms with E-state index in [-0.39, 0.29) is 6.29 Å². The Kier molecular flexibility index (Phi) is 13.0. The lowest BCUT2D eigenvalue weighted by molar-refractivity contribution is -0.415. The van der Waals surface area contributed by atoms with Crippen LogP contribution in [0, 0.1) is 12.3 Å². The third-order valence-electron chi connectivity index (χ3n) is 5.96. The SMILES string of the molecule is C[CH+]C1C(N2C=CC(=O)NC2O)OC(CF)(COC(C=O)(OC(C)OC(=O)OC(C)C)OC(C)OC(=O)OC(C)C)C1O. The topological polar surface area (TPSA) is 198 Å². The van der Waals surface area contributed by atoms with E-state index in [2.05, 4.69) is 5.32 Å². The molecule has 1 amide bonds. The largest absolute Gasteiger partial charge is 0.510 e. The van der Waals surface area contributed by atoms with Crippen molar-refractivity contribution >= 4 is 24.5 Å². The number of hydrogen-bond acceptors (Lipinski definition) is 15. The first-order valence-electron chi connectivity index (χ1n) is 13.5. The number of aliphatic hydroxyl groups excluding tert-OH is 2. The highest BCUT2D eigenvalue weighted by Crippen LogP contribution is 2.41. The molecule has 0 bridgehead atoms. The molecule has 0 aromatic heterocycles. The molecule has 7 atom stereocenters. The number of aliphatic hydroxyl groups is 2. The van der Waals surface area contributed by atoms with Gasteiger partial charge >= 0.3 is 18.3 Å². The van der Waals surface area contributed by atoms with Crippen LogP contribution in [0.2, 0.25) is 0 Å². The molecule has 1 saturated heterocycles. The number of alkyl halides is 1. The van der Waals surface area contributed by atoms with Crippen molar-refractivity contribution in [1.29, 1.82) is 0 Å². The zero-order chi connectivity index (χ0) is 32.5. The van der Waals surface area contributed by atoms with E-state index < -0.39 is 92.5 Å². The molecule has 0 aromatic carbocycles. The smallest absolute Gasteiger partial charge is 0.432 e. The number of nitrogens with zero attached hydrogens (tertiary/aromatic N) is 1. The van der Waals surface area contributed by atoms with Crippen molar-refractivity contribution in [1.82, 2.24) is 10.2 Å². The van der Waals surface area contributed by atoms with E-state index in [1.54, 1.807) is 34.6 Å². The van der Waals surface area contributed by atoms with Crippen molar-refractivity contribution in [3.05, 3.63) is 18.7 Å². The molecule has 2 rings (SSSR count). The Labute approximate surface area is 248 Å². The van der Waals surface area contributed by atoms with Crippen LogP contribution in [0.25, 0.3) is 0 Å². The average Bonchev–Trinajstić information content (AvgIpc) is 3.17. The summed E-state index contributed by atoms with van der Waals surface area (Å²) in [5.74, 6) is -4.36. The summed E-state index contributed by atoms with van der Waals surface area (Å²) in [5.41, 5.74) is -2.18. The highest BCUT2D eigenvalue weighted by molar-refractivity contribution is 5.88. The first kappa shape index (κ1) is 36.0. The predicted octanol–water partition coefficient (Wildman–Crippen LogP) is 1.19. The number of halogens is 1. The number of aldehydes is 1. The van der Waals surface area contributed by atoms with E-state index in [4.69, 9.17) is 37.9 Å². The first-order chi connectivity index (χ1) is 20.1. The third kappa shape index (κ3) is 9.64. The summed E-state index contributed by atoms with van der Waals surface area (Å²) in [7, 11) is 0. The maximum Gasteiger partial charge on any atom is 0.510 e. The molecule has 2 aliphatic heterocycles. The number of rotatable bonds is 15. The first-order valence-corrected chi connectivity index (χ1v) is 13.5. The molecule has 0 radical (unpaired) electrons. The van der Waals surface area contributed by atoms with Crippen molar-refractivity contribution in [2.45, 2.75) is 104 Å². The van der Waals surface area contributed by atoms with Gasteiger partial charge in [0.1, 0.15) is 12.8 Å². The summed E-state index contributed by atoms with van der Waals surface area (Å²) in [4.78, 5) is 49.1. The molecule has 0 spiro atoms. The van der Waals surface area contributed by atoms with Gasteiger partial charge in [-0.1, -0.05) is 0 Å². The van der Waals surface area contributed by atoms with Crippen LogP contribution in [-0.2, 0) is 47.5 Å². The second kappa shape index (κ2) is 15.5. The van der Waals surface area contributed by atoms with Gasteiger partial charge in [-0.05, 0) is 41.5 Å². The number of ether oxygens (including phenoxy) is 8. The van der Waals surface area contributed by atoms with Crippen molar-refractivity contribution in [2.75, 3.05) is 13.3 Å². The summed E-state index contributed by atoms with van der Waals surface area (Å²) in [6, 6.07) is 0. The lowest BCUT2D eigenvalue weighted by atomic mass is 9.89. The molecule has 1 fully saturated rings. The molecule has 0 saturated carbocycles. The summed E-state index contributed by atoms with van der Waals surface area (Å²) >= 11 is 0. The number of hydrogen-bond donors (Lipinski definition) is 3. The summed E-state index contributed by atoms with van der Waals surface area (Å²) in [6.07, 6.45) is -7.20. The molecule has 43 heavy (non-hydrogen) atoms. The Morgan fingerprint density at radius 2 is 1.63 bits per heavy atom. The van der Waals surface area contributed by atoms with Crippen molar-refractivity contribution < 1.29 is 71.7 Å². The van der Waals surface area contributed by atoms with Gasteiger partial charge in [-0.3, -0.25) is 19.1 Å². The van der Waals surface area contributed by atoms with Crippen LogP contribution in [0.15, 0.2) is 12.3 Å². The zero-order valence-electron chi connectivity index (χ0n) is 25.0. The monoisotopic (exact) mass is 623 g/mol. The molecule has 0 aromatic rings. The second-order valence-corrected chi connectivity index (χ2v) is 10.2. The summed E-state index contributed by atoms with van der Waals surface area (Å²) in [5, 5.41) is 23.7. The number of nitrogens with one attached hydrogen (secondary N) is 1.